The highest BCUT2D eigenvalue weighted by Gasteiger charge is 2.11. The molecule has 0 saturated heterocycles. The summed E-state index contributed by atoms with van der Waals surface area (Å²) in [7, 11) is 1.59. The number of phenolic OH excluding ortho intramolecular Hbond substituents is 3. The van der Waals surface area contributed by atoms with Gasteiger partial charge in [-0.25, -0.2) is 0 Å². The van der Waals surface area contributed by atoms with E-state index < -0.39 is 0 Å². The highest BCUT2D eigenvalue weighted by molar-refractivity contribution is 5.83. The van der Waals surface area contributed by atoms with Crippen LogP contribution in [0.15, 0.2) is 116 Å². The molecule has 3 N–H and O–H groups in total. The van der Waals surface area contributed by atoms with Gasteiger partial charge in [0.2, 0.25) is 0 Å². The molecule has 0 spiro atoms. The van der Waals surface area contributed by atoms with Crippen LogP contribution in [0.2, 0.25) is 0 Å². The van der Waals surface area contributed by atoms with Crippen LogP contribution in [0.1, 0.15) is 0 Å². The fourth-order valence-electron chi connectivity index (χ4n) is 4.04. The molecule has 39 heavy (non-hydrogen) atoms. The lowest BCUT2D eigenvalue weighted by atomic mass is 10.1. The predicted molar refractivity (Wildman–Crippen MR) is 147 cm³/mol. The number of hydrogen-bond acceptors (Lipinski definition) is 8. The van der Waals surface area contributed by atoms with Crippen molar-refractivity contribution < 1.29 is 28.9 Å². The van der Waals surface area contributed by atoms with Gasteiger partial charge in [-0.3, -0.25) is 9.59 Å². The van der Waals surface area contributed by atoms with Gasteiger partial charge in [-0.15, -0.1) is 0 Å². The van der Waals surface area contributed by atoms with Gasteiger partial charge in [-0.05, 0) is 59.7 Å². The lowest BCUT2D eigenvalue weighted by Gasteiger charge is -2.04. The largest absolute Gasteiger partial charge is 0.508 e. The van der Waals surface area contributed by atoms with Crippen molar-refractivity contribution in [3.05, 3.63) is 118 Å². The van der Waals surface area contributed by atoms with Crippen molar-refractivity contribution in [3.63, 3.8) is 0 Å². The molecule has 0 saturated carbocycles. The lowest BCUT2D eigenvalue weighted by molar-refractivity contribution is 0.415. The van der Waals surface area contributed by atoms with E-state index in [9.17, 15) is 24.9 Å². The Kier molecular flexibility index (Phi) is 6.75. The fraction of sp³-hybridized carbons (Fsp3) is 0.0323. The highest BCUT2D eigenvalue weighted by Crippen LogP contribution is 2.25. The van der Waals surface area contributed by atoms with Crippen LogP contribution in [-0.4, -0.2) is 22.4 Å². The number of ether oxygens (including phenoxy) is 1. The first-order valence-corrected chi connectivity index (χ1v) is 11.8. The second-order valence-electron chi connectivity index (χ2n) is 8.59. The average molecular weight is 523 g/mol. The summed E-state index contributed by atoms with van der Waals surface area (Å²) in [5, 5.41) is 28.8. The summed E-state index contributed by atoms with van der Waals surface area (Å²) in [4.78, 5) is 24.7. The normalized spacial score (nSPS) is 10.7. The number of rotatable bonds is 3. The summed E-state index contributed by atoms with van der Waals surface area (Å²) in [6.45, 7) is 0. The third-order valence-electron chi connectivity index (χ3n) is 6.10. The Morgan fingerprint density at radius 2 is 0.974 bits per heavy atom. The Labute approximate surface area is 221 Å². The average Bonchev–Trinajstić information content (AvgIpc) is 2.94. The van der Waals surface area contributed by atoms with Crippen molar-refractivity contribution in [1.82, 2.24) is 0 Å². The molecule has 0 radical (unpaired) electrons. The molecule has 0 unspecified atom stereocenters. The molecule has 0 amide bonds. The van der Waals surface area contributed by atoms with E-state index in [0.717, 1.165) is 11.3 Å². The van der Waals surface area contributed by atoms with Crippen LogP contribution in [0.3, 0.4) is 0 Å². The highest BCUT2D eigenvalue weighted by atomic mass is 16.5. The summed E-state index contributed by atoms with van der Waals surface area (Å²) >= 11 is 0. The minimum Gasteiger partial charge on any atom is -0.508 e. The van der Waals surface area contributed by atoms with E-state index in [-0.39, 0.29) is 28.1 Å². The second-order valence-corrected chi connectivity index (χ2v) is 8.59. The summed E-state index contributed by atoms with van der Waals surface area (Å²) in [5.74, 6) is 0.980. The monoisotopic (exact) mass is 522 g/mol. The molecule has 0 aliphatic carbocycles. The van der Waals surface area contributed by atoms with Gasteiger partial charge in [-0.1, -0.05) is 24.3 Å². The molecule has 8 heteroatoms. The molecule has 2 aromatic heterocycles. The fourth-order valence-corrected chi connectivity index (χ4v) is 4.04. The first-order valence-electron chi connectivity index (χ1n) is 11.8. The van der Waals surface area contributed by atoms with Crippen LogP contribution in [-0.2, 0) is 0 Å². The molecular weight excluding hydrogens is 500 g/mol. The van der Waals surface area contributed by atoms with Crippen molar-refractivity contribution in [2.75, 3.05) is 7.11 Å². The first kappa shape index (κ1) is 25.2. The summed E-state index contributed by atoms with van der Waals surface area (Å²) in [5.41, 5.74) is 2.73. The molecule has 0 aliphatic rings. The van der Waals surface area contributed by atoms with Crippen LogP contribution in [0.5, 0.6) is 23.0 Å². The van der Waals surface area contributed by atoms with Crippen molar-refractivity contribution in [2.45, 2.75) is 0 Å². The number of methoxy groups -OCH3 is 1. The van der Waals surface area contributed by atoms with Crippen molar-refractivity contribution >= 4 is 21.9 Å². The summed E-state index contributed by atoms with van der Waals surface area (Å²) in [6.07, 6.45) is 2.77. The van der Waals surface area contributed by atoms with E-state index >= 15 is 0 Å². The summed E-state index contributed by atoms with van der Waals surface area (Å²) in [6, 6.07) is 22.3. The van der Waals surface area contributed by atoms with Gasteiger partial charge in [0, 0.05) is 12.1 Å². The molecule has 0 bridgehead atoms. The van der Waals surface area contributed by atoms with Crippen molar-refractivity contribution in [2.24, 2.45) is 0 Å². The second kappa shape index (κ2) is 10.5. The number of fused-ring (bicyclic) bond motifs is 2. The molecule has 0 aliphatic heterocycles. The maximum absolute atomic E-state index is 12.4. The minimum atomic E-state index is -0.174. The molecule has 6 rings (SSSR count). The number of benzene rings is 4. The van der Waals surface area contributed by atoms with Gasteiger partial charge >= 0.3 is 0 Å². The van der Waals surface area contributed by atoms with Crippen LogP contribution in [0, 0.1) is 0 Å². The number of phenols is 3. The van der Waals surface area contributed by atoms with Crippen LogP contribution < -0.4 is 15.6 Å². The minimum absolute atomic E-state index is 0.0491. The maximum Gasteiger partial charge on any atom is 0.200 e. The SMILES string of the molecule is COc1ccc(-c2coc3cc(O)ccc3c2=O)cc1.O=c1c(-c2ccc(O)cc2)coc2cc(O)ccc12. The Balaban J connectivity index is 0.000000158. The van der Waals surface area contributed by atoms with Gasteiger partial charge in [0.15, 0.2) is 10.9 Å². The van der Waals surface area contributed by atoms with E-state index in [1.807, 2.05) is 0 Å². The van der Waals surface area contributed by atoms with Crippen molar-refractivity contribution in [3.8, 4) is 45.3 Å². The molecule has 194 valence electrons. The number of aromatic hydroxyl groups is 3. The number of hydrogen-bond donors (Lipinski definition) is 3. The Morgan fingerprint density at radius 1 is 0.564 bits per heavy atom. The maximum atomic E-state index is 12.4. The smallest absolute Gasteiger partial charge is 0.200 e. The topological polar surface area (TPSA) is 130 Å². The predicted octanol–water partition coefficient (Wildman–Crippen LogP) is 6.05. The van der Waals surface area contributed by atoms with Gasteiger partial charge in [0.1, 0.15) is 46.7 Å². The zero-order valence-corrected chi connectivity index (χ0v) is 20.6. The molecule has 0 atom stereocenters. The van der Waals surface area contributed by atoms with Gasteiger partial charge in [0.25, 0.3) is 0 Å². The zero-order chi connectivity index (χ0) is 27.5. The Morgan fingerprint density at radius 3 is 1.41 bits per heavy atom. The van der Waals surface area contributed by atoms with Gasteiger partial charge in [-0.2, -0.15) is 0 Å². The van der Waals surface area contributed by atoms with E-state index in [4.69, 9.17) is 13.6 Å². The molecular formula is C31H22O8. The molecule has 8 nitrogen and oxygen atoms in total. The van der Waals surface area contributed by atoms with E-state index in [1.54, 1.807) is 49.6 Å². The third kappa shape index (κ3) is 5.17. The lowest BCUT2D eigenvalue weighted by Crippen LogP contribution is -2.04. The van der Waals surface area contributed by atoms with Crippen molar-refractivity contribution in [1.29, 1.82) is 0 Å². The quantitative estimate of drug-likeness (QED) is 0.256. The Hall–Kier alpha value is -5.50. The molecule has 6 aromatic rings. The van der Waals surface area contributed by atoms with Crippen LogP contribution in [0.4, 0.5) is 0 Å². The van der Waals surface area contributed by atoms with E-state index in [0.29, 0.717) is 38.6 Å². The standard InChI is InChI=1S/C16H12O4.C15H10O4/c1-19-12-5-2-10(3-6-12)14-9-20-15-8-11(17)4-7-13(15)16(14)18;16-10-3-1-9(2-4-10)13-8-19-14-7-11(17)5-6-12(14)15(13)18/h2-9,17H,1H3;1-8,16-17H. The summed E-state index contributed by atoms with van der Waals surface area (Å²) < 4.78 is 15.9. The Bertz CT molecular complexity index is 1900. The van der Waals surface area contributed by atoms with E-state index in [1.165, 1.54) is 55.0 Å². The molecule has 2 heterocycles. The van der Waals surface area contributed by atoms with Gasteiger partial charge in [0.05, 0.1) is 29.0 Å². The van der Waals surface area contributed by atoms with Crippen LogP contribution >= 0.6 is 0 Å². The molecule has 0 fully saturated rings. The van der Waals surface area contributed by atoms with Crippen LogP contribution in [0.25, 0.3) is 44.2 Å². The first-order chi connectivity index (χ1) is 18.8. The zero-order valence-electron chi connectivity index (χ0n) is 20.6. The molecule has 4 aromatic carbocycles. The van der Waals surface area contributed by atoms with Gasteiger partial charge < -0.3 is 28.9 Å². The third-order valence-corrected chi connectivity index (χ3v) is 6.10. The van der Waals surface area contributed by atoms with E-state index in [2.05, 4.69) is 0 Å².